The lowest BCUT2D eigenvalue weighted by Gasteiger charge is -1.92. The monoisotopic (exact) mass is 366 g/mol. The summed E-state index contributed by atoms with van der Waals surface area (Å²) in [5.74, 6) is -1.82. The highest BCUT2D eigenvalue weighted by Crippen LogP contribution is 2.09. The third-order valence-corrected chi connectivity index (χ3v) is 2.79. The van der Waals surface area contributed by atoms with Crippen LogP contribution in [0, 0.1) is 0 Å². The number of aromatic hydroxyl groups is 2. The Labute approximate surface area is 150 Å². The summed E-state index contributed by atoms with van der Waals surface area (Å²) in [6.45, 7) is 0.390. The molecule has 0 spiro atoms. The highest BCUT2D eigenvalue weighted by Gasteiger charge is 2.00. The summed E-state index contributed by atoms with van der Waals surface area (Å²) in [7, 11) is 0. The van der Waals surface area contributed by atoms with Crippen LogP contribution in [0.2, 0.25) is 0 Å². The van der Waals surface area contributed by atoms with Crippen LogP contribution in [0.1, 0.15) is 33.6 Å². The predicted octanol–water partition coefficient (Wildman–Crippen LogP) is 1.93. The first-order chi connectivity index (χ1) is 12.3. The van der Waals surface area contributed by atoms with Gasteiger partial charge in [-0.3, -0.25) is 0 Å². The fraction of sp³-hybridized carbons (Fsp3) is 0.222. The van der Waals surface area contributed by atoms with Crippen LogP contribution >= 0.6 is 0 Å². The number of phenolic OH excluding ortho intramolecular Hbond substituents is 2. The van der Waals surface area contributed by atoms with Crippen molar-refractivity contribution < 1.29 is 40.2 Å². The number of aromatic carboxylic acids is 2. The van der Waals surface area contributed by atoms with Gasteiger partial charge in [0.15, 0.2) is 0 Å². The maximum absolute atomic E-state index is 10.2. The van der Waals surface area contributed by atoms with E-state index >= 15 is 0 Å². The van der Waals surface area contributed by atoms with Gasteiger partial charge in [0.2, 0.25) is 0 Å². The molecule has 0 amide bonds. The van der Waals surface area contributed by atoms with Crippen LogP contribution in [0.25, 0.3) is 0 Å². The minimum atomic E-state index is -0.986. The molecule has 6 N–H and O–H groups in total. The summed E-state index contributed by atoms with van der Waals surface area (Å²) in [4.78, 5) is 20.5. The van der Waals surface area contributed by atoms with Crippen molar-refractivity contribution in [2.75, 3.05) is 13.2 Å². The number of unbranched alkanes of at least 4 members (excludes halogenated alkanes) is 1. The normalized spacial score (nSPS) is 9.15. The van der Waals surface area contributed by atoms with Crippen molar-refractivity contribution in [3.8, 4) is 11.5 Å². The second kappa shape index (κ2) is 13.2. The van der Waals surface area contributed by atoms with Crippen LogP contribution in [-0.4, -0.2) is 55.8 Å². The Hall–Kier alpha value is -3.10. The summed E-state index contributed by atoms with van der Waals surface area (Å²) in [6.07, 6.45) is 1.44. The zero-order valence-corrected chi connectivity index (χ0v) is 13.9. The fourth-order valence-electron chi connectivity index (χ4n) is 1.43. The Kier molecular flexibility index (Phi) is 11.6. The maximum atomic E-state index is 10.2. The molecule has 8 heteroatoms. The Balaban J connectivity index is 0.000000375. The molecule has 8 nitrogen and oxygen atoms in total. The average molecular weight is 366 g/mol. The topological polar surface area (TPSA) is 156 Å². The van der Waals surface area contributed by atoms with Crippen molar-refractivity contribution in [3.05, 3.63) is 59.7 Å². The molecule has 142 valence electrons. The van der Waals surface area contributed by atoms with Crippen molar-refractivity contribution in [1.82, 2.24) is 0 Å². The molecule has 0 fully saturated rings. The third kappa shape index (κ3) is 10.6. The number of phenols is 2. The second-order valence-electron chi connectivity index (χ2n) is 4.86. The molecule has 0 aliphatic carbocycles. The number of carboxylic acids is 2. The molecule has 2 aromatic rings. The lowest BCUT2D eigenvalue weighted by atomic mass is 10.2. The van der Waals surface area contributed by atoms with Crippen molar-refractivity contribution in [1.29, 1.82) is 0 Å². The standard InChI is InChI=1S/2C7H6O3.C4H10O2/c2*8-6-3-1-5(2-4-6)7(9)10;5-3-1-2-4-6/h2*1-4,8H,(H,9,10);5-6H,1-4H2. The quantitative estimate of drug-likeness (QED) is 0.438. The number of rotatable bonds is 5. The zero-order valence-electron chi connectivity index (χ0n) is 13.9. The number of aliphatic hydroxyl groups is 2. The number of hydrogen-bond donors (Lipinski definition) is 6. The van der Waals surface area contributed by atoms with Crippen molar-refractivity contribution in [2.24, 2.45) is 0 Å². The minimum absolute atomic E-state index is 0.0741. The number of carbonyl (C=O) groups is 2. The van der Waals surface area contributed by atoms with Crippen molar-refractivity contribution in [3.63, 3.8) is 0 Å². The number of benzene rings is 2. The van der Waals surface area contributed by atoms with E-state index in [2.05, 4.69) is 0 Å². The first-order valence-electron chi connectivity index (χ1n) is 7.58. The van der Waals surface area contributed by atoms with Gasteiger partial charge in [0.05, 0.1) is 11.1 Å². The SMILES string of the molecule is O=C(O)c1ccc(O)cc1.O=C(O)c1ccc(O)cc1.OCCCCO. The van der Waals surface area contributed by atoms with E-state index in [0.717, 1.165) is 12.8 Å². The van der Waals surface area contributed by atoms with Gasteiger partial charge in [-0.25, -0.2) is 9.59 Å². The Bertz CT molecular complexity index is 590. The molecule has 0 saturated heterocycles. The molecule has 2 rings (SSSR count). The van der Waals surface area contributed by atoms with E-state index in [1.54, 1.807) is 0 Å². The lowest BCUT2D eigenvalue weighted by Crippen LogP contribution is -1.93. The summed E-state index contributed by atoms with van der Waals surface area (Å²) in [6, 6.07) is 10.7. The predicted molar refractivity (Wildman–Crippen MR) is 93.5 cm³/mol. The molecule has 0 heterocycles. The summed E-state index contributed by atoms with van der Waals surface area (Å²) >= 11 is 0. The fourth-order valence-corrected chi connectivity index (χ4v) is 1.43. The highest BCUT2D eigenvalue weighted by atomic mass is 16.4. The average Bonchev–Trinajstić information content (AvgIpc) is 2.62. The summed E-state index contributed by atoms with van der Waals surface area (Å²) < 4.78 is 0. The van der Waals surface area contributed by atoms with E-state index in [9.17, 15) is 9.59 Å². The molecule has 26 heavy (non-hydrogen) atoms. The zero-order chi connectivity index (χ0) is 19.9. The molecule has 0 unspecified atom stereocenters. The van der Waals surface area contributed by atoms with Gasteiger partial charge in [-0.15, -0.1) is 0 Å². The van der Waals surface area contributed by atoms with E-state index < -0.39 is 11.9 Å². The molecular formula is C18H22O8. The van der Waals surface area contributed by atoms with Crippen LogP contribution in [0.3, 0.4) is 0 Å². The van der Waals surface area contributed by atoms with Crippen molar-refractivity contribution >= 4 is 11.9 Å². The lowest BCUT2D eigenvalue weighted by molar-refractivity contribution is 0.0686. The van der Waals surface area contributed by atoms with Gasteiger partial charge in [-0.05, 0) is 61.4 Å². The first-order valence-corrected chi connectivity index (χ1v) is 7.58. The maximum Gasteiger partial charge on any atom is 0.335 e. The van der Waals surface area contributed by atoms with Crippen LogP contribution in [-0.2, 0) is 0 Å². The first kappa shape index (κ1) is 22.9. The van der Waals surface area contributed by atoms with Gasteiger partial charge in [0, 0.05) is 13.2 Å². The van der Waals surface area contributed by atoms with Crippen LogP contribution in [0.15, 0.2) is 48.5 Å². The molecule has 0 radical (unpaired) electrons. The van der Waals surface area contributed by atoms with Crippen LogP contribution in [0.4, 0.5) is 0 Å². The van der Waals surface area contributed by atoms with Gasteiger partial charge < -0.3 is 30.6 Å². The molecular weight excluding hydrogens is 344 g/mol. The number of carboxylic acid groups (broad SMARTS) is 2. The second-order valence-corrected chi connectivity index (χ2v) is 4.86. The Morgan fingerprint density at radius 3 is 1.08 bits per heavy atom. The Morgan fingerprint density at radius 1 is 0.615 bits per heavy atom. The highest BCUT2D eigenvalue weighted by molar-refractivity contribution is 5.88. The number of hydrogen-bond acceptors (Lipinski definition) is 6. The van der Waals surface area contributed by atoms with Crippen LogP contribution in [0.5, 0.6) is 11.5 Å². The van der Waals surface area contributed by atoms with E-state index in [-0.39, 0.29) is 35.8 Å². The molecule has 0 bridgehead atoms. The van der Waals surface area contributed by atoms with Gasteiger partial charge in [0.25, 0.3) is 0 Å². The molecule has 0 aliphatic rings. The van der Waals surface area contributed by atoms with E-state index in [1.807, 2.05) is 0 Å². The van der Waals surface area contributed by atoms with Crippen molar-refractivity contribution in [2.45, 2.75) is 12.8 Å². The van der Waals surface area contributed by atoms with E-state index in [1.165, 1.54) is 48.5 Å². The largest absolute Gasteiger partial charge is 0.508 e. The van der Waals surface area contributed by atoms with Gasteiger partial charge in [0.1, 0.15) is 11.5 Å². The molecule has 0 aromatic heterocycles. The smallest absolute Gasteiger partial charge is 0.335 e. The summed E-state index contributed by atoms with van der Waals surface area (Å²) in [5, 5.41) is 50.5. The third-order valence-electron chi connectivity index (χ3n) is 2.79. The van der Waals surface area contributed by atoms with Gasteiger partial charge in [-0.2, -0.15) is 0 Å². The number of aliphatic hydroxyl groups excluding tert-OH is 2. The molecule has 0 aliphatic heterocycles. The Morgan fingerprint density at radius 2 is 0.885 bits per heavy atom. The van der Waals surface area contributed by atoms with Gasteiger partial charge >= 0.3 is 11.9 Å². The molecule has 0 atom stereocenters. The minimum Gasteiger partial charge on any atom is -0.508 e. The summed E-state index contributed by atoms with van der Waals surface area (Å²) in [5.41, 5.74) is 0.357. The molecule has 0 saturated carbocycles. The van der Waals surface area contributed by atoms with E-state index in [4.69, 9.17) is 30.6 Å². The molecule has 2 aromatic carbocycles. The van der Waals surface area contributed by atoms with Gasteiger partial charge in [-0.1, -0.05) is 0 Å². The van der Waals surface area contributed by atoms with Crippen LogP contribution < -0.4 is 0 Å². The van der Waals surface area contributed by atoms with E-state index in [0.29, 0.717) is 0 Å².